The van der Waals surface area contributed by atoms with E-state index in [2.05, 4.69) is 15.2 Å². The Morgan fingerprint density at radius 1 is 1.33 bits per heavy atom. The van der Waals surface area contributed by atoms with E-state index in [1.165, 1.54) is 0 Å². The van der Waals surface area contributed by atoms with E-state index in [0.29, 0.717) is 28.1 Å². The van der Waals surface area contributed by atoms with Crippen molar-refractivity contribution < 1.29 is 9.90 Å². The summed E-state index contributed by atoms with van der Waals surface area (Å²) in [5.74, 6) is -0.991. The van der Waals surface area contributed by atoms with Crippen LogP contribution in [0.5, 0.6) is 0 Å². The van der Waals surface area contributed by atoms with Gasteiger partial charge in [-0.05, 0) is 26.0 Å². The third-order valence-electron chi connectivity index (χ3n) is 3.43. The van der Waals surface area contributed by atoms with Gasteiger partial charge >= 0.3 is 5.97 Å². The minimum absolute atomic E-state index is 0.201. The van der Waals surface area contributed by atoms with Crippen molar-refractivity contribution in [3.63, 3.8) is 0 Å². The number of rotatable bonds is 3. The fourth-order valence-electron chi connectivity index (χ4n) is 2.42. The third kappa shape index (κ3) is 2.06. The van der Waals surface area contributed by atoms with Crippen LogP contribution in [0.4, 0.5) is 0 Å². The van der Waals surface area contributed by atoms with Crippen LogP contribution in [0.25, 0.3) is 22.4 Å². The maximum atomic E-state index is 11.5. The summed E-state index contributed by atoms with van der Waals surface area (Å²) in [7, 11) is 1.75. The largest absolute Gasteiger partial charge is 0.478 e. The summed E-state index contributed by atoms with van der Waals surface area (Å²) in [4.78, 5) is 16.0. The lowest BCUT2D eigenvalue weighted by Crippen LogP contribution is -2.02. The Morgan fingerprint density at radius 3 is 2.71 bits per heavy atom. The molecule has 0 aliphatic heterocycles. The molecule has 0 spiro atoms. The molecule has 0 bridgehead atoms. The summed E-state index contributed by atoms with van der Waals surface area (Å²) in [5, 5.41) is 18.7. The lowest BCUT2D eigenvalue weighted by atomic mass is 10.1. The van der Waals surface area contributed by atoms with Gasteiger partial charge in [0.15, 0.2) is 5.65 Å². The molecule has 0 unspecified atom stereocenters. The van der Waals surface area contributed by atoms with Crippen LogP contribution in [0.3, 0.4) is 0 Å². The predicted molar refractivity (Wildman–Crippen MR) is 77.1 cm³/mol. The number of carboxylic acid groups (broad SMARTS) is 1. The van der Waals surface area contributed by atoms with Crippen LogP contribution in [0, 0.1) is 6.92 Å². The average molecular weight is 285 g/mol. The summed E-state index contributed by atoms with van der Waals surface area (Å²) in [6.07, 6.45) is 1.84. The molecule has 0 saturated carbocycles. The highest BCUT2D eigenvalue weighted by Gasteiger charge is 2.19. The number of hydrogen-bond acceptors (Lipinski definition) is 4. The van der Waals surface area contributed by atoms with Crippen molar-refractivity contribution in [3.8, 4) is 11.4 Å². The van der Waals surface area contributed by atoms with Gasteiger partial charge in [-0.25, -0.2) is 9.78 Å². The molecule has 3 aromatic heterocycles. The molecular formula is C14H15N5O2. The number of fused-ring (bicyclic) bond motifs is 1. The van der Waals surface area contributed by atoms with Gasteiger partial charge in [-0.1, -0.05) is 0 Å². The molecule has 0 atom stereocenters. The number of carboxylic acids is 1. The average Bonchev–Trinajstić information content (AvgIpc) is 3.04. The third-order valence-corrected chi connectivity index (χ3v) is 3.43. The molecule has 3 heterocycles. The molecule has 7 heteroatoms. The zero-order valence-electron chi connectivity index (χ0n) is 12.0. The number of aryl methyl sites for hydroxylation is 3. The van der Waals surface area contributed by atoms with E-state index in [9.17, 15) is 9.90 Å². The molecule has 0 aromatic carbocycles. The topological polar surface area (TPSA) is 85.8 Å². The number of pyridine rings is 1. The van der Waals surface area contributed by atoms with Crippen molar-refractivity contribution in [1.82, 2.24) is 24.5 Å². The van der Waals surface area contributed by atoms with E-state index < -0.39 is 5.97 Å². The quantitative estimate of drug-likeness (QED) is 0.793. The molecule has 7 nitrogen and oxygen atoms in total. The molecule has 0 amide bonds. The Labute approximate surface area is 120 Å². The fourth-order valence-corrected chi connectivity index (χ4v) is 2.42. The Bertz CT molecular complexity index is 847. The van der Waals surface area contributed by atoms with Crippen molar-refractivity contribution >= 4 is 17.0 Å². The Hall–Kier alpha value is -2.70. The van der Waals surface area contributed by atoms with Gasteiger partial charge in [0.1, 0.15) is 5.69 Å². The lowest BCUT2D eigenvalue weighted by molar-refractivity contribution is 0.0699. The normalized spacial score (nSPS) is 11.2. The fraction of sp³-hybridized carbons (Fsp3) is 0.286. The molecule has 0 fully saturated rings. The number of carbonyl (C=O) groups is 1. The molecule has 21 heavy (non-hydrogen) atoms. The van der Waals surface area contributed by atoms with Crippen molar-refractivity contribution in [2.45, 2.75) is 20.4 Å². The molecule has 0 radical (unpaired) electrons. The van der Waals surface area contributed by atoms with E-state index >= 15 is 0 Å². The predicted octanol–water partition coefficient (Wildman–Crippen LogP) is 1.86. The first-order chi connectivity index (χ1) is 10.0. The highest BCUT2D eigenvalue weighted by Crippen LogP contribution is 2.25. The van der Waals surface area contributed by atoms with Gasteiger partial charge in [0, 0.05) is 19.8 Å². The van der Waals surface area contributed by atoms with Crippen molar-refractivity contribution in [2.75, 3.05) is 0 Å². The van der Waals surface area contributed by atoms with Gasteiger partial charge in [-0.2, -0.15) is 10.2 Å². The van der Waals surface area contributed by atoms with E-state index in [1.807, 2.05) is 19.2 Å². The number of hydrogen-bond donors (Lipinski definition) is 1. The van der Waals surface area contributed by atoms with Gasteiger partial charge in [0.2, 0.25) is 0 Å². The zero-order valence-corrected chi connectivity index (χ0v) is 12.0. The maximum Gasteiger partial charge on any atom is 0.336 e. The summed E-state index contributed by atoms with van der Waals surface area (Å²) >= 11 is 0. The molecule has 0 saturated heterocycles. The van der Waals surface area contributed by atoms with Crippen LogP contribution in [0.15, 0.2) is 18.3 Å². The SMILES string of the molecule is CCn1ccc(-c2cc(C(=O)O)c3c(C)nn(C)c3n2)n1. The van der Waals surface area contributed by atoms with Gasteiger partial charge in [0.25, 0.3) is 0 Å². The Morgan fingerprint density at radius 2 is 2.10 bits per heavy atom. The van der Waals surface area contributed by atoms with Crippen molar-refractivity contribution in [2.24, 2.45) is 7.05 Å². The van der Waals surface area contributed by atoms with E-state index in [0.717, 1.165) is 6.54 Å². The van der Waals surface area contributed by atoms with Crippen LogP contribution >= 0.6 is 0 Å². The minimum atomic E-state index is -0.991. The molecule has 108 valence electrons. The van der Waals surface area contributed by atoms with Crippen LogP contribution < -0.4 is 0 Å². The molecule has 0 aliphatic rings. The number of nitrogens with zero attached hydrogens (tertiary/aromatic N) is 5. The van der Waals surface area contributed by atoms with E-state index in [-0.39, 0.29) is 5.56 Å². The highest BCUT2D eigenvalue weighted by atomic mass is 16.4. The Balaban J connectivity index is 2.30. The smallest absolute Gasteiger partial charge is 0.336 e. The second kappa shape index (κ2) is 4.69. The first kappa shape index (κ1) is 13.3. The van der Waals surface area contributed by atoms with Crippen molar-refractivity contribution in [1.29, 1.82) is 0 Å². The second-order valence-electron chi connectivity index (χ2n) is 4.82. The first-order valence-corrected chi connectivity index (χ1v) is 6.62. The van der Waals surface area contributed by atoms with Crippen LogP contribution in [-0.2, 0) is 13.6 Å². The molecule has 0 aliphatic carbocycles. The summed E-state index contributed by atoms with van der Waals surface area (Å²) in [6, 6.07) is 3.38. The first-order valence-electron chi connectivity index (χ1n) is 6.62. The lowest BCUT2D eigenvalue weighted by Gasteiger charge is -2.03. The number of aromatic nitrogens is 5. The maximum absolute atomic E-state index is 11.5. The van der Waals surface area contributed by atoms with Gasteiger partial charge < -0.3 is 5.11 Å². The zero-order chi connectivity index (χ0) is 15.1. The second-order valence-corrected chi connectivity index (χ2v) is 4.82. The van der Waals surface area contributed by atoms with Crippen LogP contribution in [-0.4, -0.2) is 35.6 Å². The standard InChI is InChI=1S/C14H15N5O2/c1-4-19-6-5-10(17-19)11-7-9(14(20)21)12-8(2)16-18(3)13(12)15-11/h5-7H,4H2,1-3H3,(H,20,21). The minimum Gasteiger partial charge on any atom is -0.478 e. The molecule has 3 aromatic rings. The van der Waals surface area contributed by atoms with Crippen LogP contribution in [0.1, 0.15) is 23.0 Å². The number of aromatic carboxylic acids is 1. The molecule has 3 rings (SSSR count). The van der Waals surface area contributed by atoms with Gasteiger partial charge in [-0.15, -0.1) is 0 Å². The molecular weight excluding hydrogens is 270 g/mol. The van der Waals surface area contributed by atoms with E-state index in [1.54, 1.807) is 29.4 Å². The summed E-state index contributed by atoms with van der Waals surface area (Å²) in [5.41, 5.74) is 2.60. The van der Waals surface area contributed by atoms with Crippen LogP contribution in [0.2, 0.25) is 0 Å². The van der Waals surface area contributed by atoms with Gasteiger partial charge in [0.05, 0.1) is 22.3 Å². The van der Waals surface area contributed by atoms with Crippen molar-refractivity contribution in [3.05, 3.63) is 29.6 Å². The monoisotopic (exact) mass is 285 g/mol. The summed E-state index contributed by atoms with van der Waals surface area (Å²) < 4.78 is 3.37. The highest BCUT2D eigenvalue weighted by molar-refractivity contribution is 6.03. The summed E-state index contributed by atoms with van der Waals surface area (Å²) in [6.45, 7) is 4.52. The van der Waals surface area contributed by atoms with Gasteiger partial charge in [-0.3, -0.25) is 9.36 Å². The molecule has 1 N–H and O–H groups in total. The Kier molecular flexibility index (Phi) is 2.97. The van der Waals surface area contributed by atoms with E-state index in [4.69, 9.17) is 0 Å².